The summed E-state index contributed by atoms with van der Waals surface area (Å²) in [7, 11) is 3.26. The number of ether oxygens (including phenoxy) is 3. The fourth-order valence-corrected chi connectivity index (χ4v) is 3.41. The van der Waals surface area contributed by atoms with E-state index in [2.05, 4.69) is 6.92 Å². The largest absolute Gasteiger partial charge is 0.493 e. The van der Waals surface area contributed by atoms with Crippen LogP contribution in [0.25, 0.3) is 0 Å². The van der Waals surface area contributed by atoms with Crippen LogP contribution in [-0.2, 0) is 9.53 Å². The van der Waals surface area contributed by atoms with E-state index >= 15 is 0 Å². The Morgan fingerprint density at radius 1 is 1.17 bits per heavy atom. The maximum absolute atomic E-state index is 13.0. The van der Waals surface area contributed by atoms with E-state index in [-0.39, 0.29) is 18.1 Å². The van der Waals surface area contributed by atoms with Gasteiger partial charge >= 0.3 is 0 Å². The number of benzene rings is 1. The number of methoxy groups -OCH3 is 2. The topological polar surface area (TPSA) is 48.0 Å². The molecule has 2 atom stereocenters. The van der Waals surface area contributed by atoms with E-state index in [0.29, 0.717) is 24.1 Å². The third kappa shape index (κ3) is 3.51. The highest BCUT2D eigenvalue weighted by atomic mass is 16.5. The van der Waals surface area contributed by atoms with Gasteiger partial charge in [-0.05, 0) is 56.7 Å². The van der Waals surface area contributed by atoms with Gasteiger partial charge in [0.05, 0.1) is 20.3 Å². The molecular formula is C19H27NO4. The van der Waals surface area contributed by atoms with Gasteiger partial charge in [0.25, 0.3) is 5.91 Å². The van der Waals surface area contributed by atoms with Gasteiger partial charge in [-0.2, -0.15) is 0 Å². The first-order valence-electron chi connectivity index (χ1n) is 8.81. The SMILES string of the molecule is COc1ccc([C@@H](C)N(C(=O)[C@H]2CCCCO2)C2CC2)cc1OC. The van der Waals surface area contributed by atoms with Crippen molar-refractivity contribution in [3.05, 3.63) is 23.8 Å². The molecule has 1 aliphatic heterocycles. The third-order valence-electron chi connectivity index (χ3n) is 4.96. The van der Waals surface area contributed by atoms with Gasteiger partial charge in [0.15, 0.2) is 11.5 Å². The minimum atomic E-state index is -0.276. The molecule has 132 valence electrons. The van der Waals surface area contributed by atoms with Gasteiger partial charge in [-0.25, -0.2) is 0 Å². The number of carbonyl (C=O) groups is 1. The van der Waals surface area contributed by atoms with Gasteiger partial charge in [-0.15, -0.1) is 0 Å². The molecule has 1 amide bonds. The highest BCUT2D eigenvalue weighted by Crippen LogP contribution is 2.38. The minimum absolute atomic E-state index is 0.00432. The van der Waals surface area contributed by atoms with Crippen molar-refractivity contribution in [2.45, 2.75) is 57.2 Å². The van der Waals surface area contributed by atoms with Crippen LogP contribution in [-0.4, -0.2) is 43.8 Å². The lowest BCUT2D eigenvalue weighted by molar-refractivity contribution is -0.149. The Balaban J connectivity index is 1.81. The second-order valence-electron chi connectivity index (χ2n) is 6.62. The van der Waals surface area contributed by atoms with E-state index in [1.165, 1.54) is 0 Å². The normalized spacial score (nSPS) is 21.9. The lowest BCUT2D eigenvalue weighted by Crippen LogP contribution is -2.44. The van der Waals surface area contributed by atoms with Gasteiger partial charge < -0.3 is 19.1 Å². The third-order valence-corrected chi connectivity index (χ3v) is 4.96. The maximum Gasteiger partial charge on any atom is 0.252 e. The summed E-state index contributed by atoms with van der Waals surface area (Å²) in [5, 5.41) is 0. The second kappa shape index (κ2) is 7.43. The molecule has 0 aromatic heterocycles. The van der Waals surface area contributed by atoms with E-state index in [1.54, 1.807) is 14.2 Å². The summed E-state index contributed by atoms with van der Waals surface area (Å²) < 4.78 is 16.4. The maximum atomic E-state index is 13.0. The second-order valence-corrected chi connectivity index (χ2v) is 6.62. The van der Waals surface area contributed by atoms with Crippen LogP contribution in [0.3, 0.4) is 0 Å². The van der Waals surface area contributed by atoms with E-state index < -0.39 is 0 Å². The Labute approximate surface area is 143 Å². The molecule has 0 unspecified atom stereocenters. The molecule has 5 nitrogen and oxygen atoms in total. The van der Waals surface area contributed by atoms with Crippen molar-refractivity contribution >= 4 is 5.91 Å². The number of hydrogen-bond donors (Lipinski definition) is 0. The fraction of sp³-hybridized carbons (Fsp3) is 0.632. The fourth-order valence-electron chi connectivity index (χ4n) is 3.41. The first-order valence-corrected chi connectivity index (χ1v) is 8.81. The van der Waals surface area contributed by atoms with Crippen LogP contribution in [0, 0.1) is 0 Å². The Hall–Kier alpha value is -1.75. The van der Waals surface area contributed by atoms with Gasteiger partial charge in [0, 0.05) is 12.6 Å². The number of hydrogen-bond acceptors (Lipinski definition) is 4. The molecule has 2 fully saturated rings. The molecule has 5 heteroatoms. The van der Waals surface area contributed by atoms with Crippen molar-refractivity contribution in [2.75, 3.05) is 20.8 Å². The predicted octanol–water partition coefficient (Wildman–Crippen LogP) is 3.32. The van der Waals surface area contributed by atoms with Crippen molar-refractivity contribution in [1.82, 2.24) is 4.90 Å². The number of nitrogens with zero attached hydrogens (tertiary/aromatic N) is 1. The van der Waals surface area contributed by atoms with Crippen molar-refractivity contribution in [3.8, 4) is 11.5 Å². The van der Waals surface area contributed by atoms with Gasteiger partial charge in [-0.3, -0.25) is 4.79 Å². The molecule has 0 bridgehead atoms. The molecule has 24 heavy (non-hydrogen) atoms. The molecule has 2 aliphatic rings. The van der Waals surface area contributed by atoms with E-state index in [9.17, 15) is 4.79 Å². The molecule has 1 saturated heterocycles. The van der Waals surface area contributed by atoms with Crippen molar-refractivity contribution in [2.24, 2.45) is 0 Å². The van der Waals surface area contributed by atoms with Gasteiger partial charge in [0.1, 0.15) is 6.10 Å². The van der Waals surface area contributed by atoms with Crippen LogP contribution in [0.5, 0.6) is 11.5 Å². The Kier molecular flexibility index (Phi) is 5.29. The average molecular weight is 333 g/mol. The quantitative estimate of drug-likeness (QED) is 0.801. The molecular weight excluding hydrogens is 306 g/mol. The smallest absolute Gasteiger partial charge is 0.252 e. The number of amides is 1. The summed E-state index contributed by atoms with van der Waals surface area (Å²) >= 11 is 0. The minimum Gasteiger partial charge on any atom is -0.493 e. The van der Waals surface area contributed by atoms with E-state index in [4.69, 9.17) is 14.2 Å². The molecule has 1 saturated carbocycles. The van der Waals surface area contributed by atoms with Crippen molar-refractivity contribution in [3.63, 3.8) is 0 Å². The van der Waals surface area contributed by atoms with E-state index in [0.717, 1.165) is 37.7 Å². The number of rotatable bonds is 6. The van der Waals surface area contributed by atoms with Crippen LogP contribution >= 0.6 is 0 Å². The first-order chi connectivity index (χ1) is 11.7. The lowest BCUT2D eigenvalue weighted by Gasteiger charge is -2.34. The standard InChI is InChI=1S/C19H27NO4/c1-13(14-7-10-16(22-2)18(12-14)23-3)20(15-8-9-15)19(21)17-6-4-5-11-24-17/h7,10,12-13,15,17H,4-6,8-9,11H2,1-3H3/t13-,17-/m1/s1. The zero-order valence-electron chi connectivity index (χ0n) is 14.8. The zero-order valence-corrected chi connectivity index (χ0v) is 14.8. The summed E-state index contributed by atoms with van der Waals surface area (Å²) in [5.74, 6) is 1.53. The molecule has 1 heterocycles. The summed E-state index contributed by atoms with van der Waals surface area (Å²) in [6.07, 6.45) is 4.84. The predicted molar refractivity (Wildman–Crippen MR) is 91.4 cm³/mol. The molecule has 1 aromatic rings. The monoisotopic (exact) mass is 333 g/mol. The summed E-state index contributed by atoms with van der Waals surface area (Å²) in [4.78, 5) is 15.0. The summed E-state index contributed by atoms with van der Waals surface area (Å²) in [5.41, 5.74) is 1.06. The van der Waals surface area contributed by atoms with Crippen molar-refractivity contribution in [1.29, 1.82) is 0 Å². The summed E-state index contributed by atoms with van der Waals surface area (Å²) in [6.45, 7) is 2.78. The molecule has 0 spiro atoms. The van der Waals surface area contributed by atoms with Crippen LogP contribution in [0.4, 0.5) is 0 Å². The molecule has 1 aromatic carbocycles. The van der Waals surface area contributed by atoms with Crippen LogP contribution in [0.15, 0.2) is 18.2 Å². The van der Waals surface area contributed by atoms with Crippen LogP contribution < -0.4 is 9.47 Å². The molecule has 1 aliphatic carbocycles. The molecule has 3 rings (SSSR count). The number of carbonyl (C=O) groups excluding carboxylic acids is 1. The lowest BCUT2D eigenvalue weighted by atomic mass is 10.0. The first kappa shape index (κ1) is 17.1. The molecule has 0 radical (unpaired) electrons. The van der Waals surface area contributed by atoms with E-state index in [1.807, 2.05) is 23.1 Å². The average Bonchev–Trinajstić information content (AvgIpc) is 3.46. The van der Waals surface area contributed by atoms with Crippen LogP contribution in [0.2, 0.25) is 0 Å². The molecule has 0 N–H and O–H groups in total. The highest BCUT2D eigenvalue weighted by molar-refractivity contribution is 5.82. The highest BCUT2D eigenvalue weighted by Gasteiger charge is 2.39. The van der Waals surface area contributed by atoms with Gasteiger partial charge in [-0.1, -0.05) is 6.07 Å². The Bertz CT molecular complexity index is 579. The Morgan fingerprint density at radius 3 is 2.50 bits per heavy atom. The zero-order chi connectivity index (χ0) is 17.1. The van der Waals surface area contributed by atoms with Crippen LogP contribution in [0.1, 0.15) is 50.6 Å². The summed E-state index contributed by atoms with van der Waals surface area (Å²) in [6, 6.07) is 6.21. The van der Waals surface area contributed by atoms with Gasteiger partial charge in [0.2, 0.25) is 0 Å². The van der Waals surface area contributed by atoms with Crippen molar-refractivity contribution < 1.29 is 19.0 Å². The Morgan fingerprint density at radius 2 is 1.92 bits per heavy atom.